The van der Waals surface area contributed by atoms with Crippen LogP contribution in [0.5, 0.6) is 0 Å². The molecule has 4 rings (SSSR count). The number of carbonyl (C=O) groups is 1. The zero-order valence-electron chi connectivity index (χ0n) is 28.3. The Morgan fingerprint density at radius 3 is 2.58 bits per heavy atom. The summed E-state index contributed by atoms with van der Waals surface area (Å²) in [5.41, 5.74) is 8.65. The fourth-order valence-electron chi connectivity index (χ4n) is 5.43. The Balaban J connectivity index is 0.000000702. The fraction of sp³-hybridized carbons (Fsp3) is 0.405. The Morgan fingerprint density at radius 2 is 1.94 bits per heavy atom. The van der Waals surface area contributed by atoms with Crippen molar-refractivity contribution < 1.29 is 18.0 Å². The Hall–Kier alpha value is -3.83. The number of thiocarbonyl (C=S) groups is 1. The first-order valence-electron chi connectivity index (χ1n) is 16.0. The Bertz CT molecular complexity index is 1490. The van der Waals surface area contributed by atoms with Crippen molar-refractivity contribution in [2.24, 2.45) is 16.9 Å². The van der Waals surface area contributed by atoms with Gasteiger partial charge < -0.3 is 10.6 Å². The molecule has 1 aliphatic rings. The molecule has 3 N–H and O–H groups in total. The highest BCUT2D eigenvalue weighted by molar-refractivity contribution is 7.80. The lowest BCUT2D eigenvalue weighted by molar-refractivity contribution is 0.0963. The first-order valence-corrected chi connectivity index (χ1v) is 17.3. The molecule has 2 aromatic carbocycles. The molecule has 0 saturated heterocycles. The summed E-state index contributed by atoms with van der Waals surface area (Å²) >= 11 is 5.71. The van der Waals surface area contributed by atoms with Gasteiger partial charge >= 0.3 is 0 Å². The summed E-state index contributed by atoms with van der Waals surface area (Å²) in [6.45, 7) is 12.4. The molecule has 1 saturated carbocycles. The van der Waals surface area contributed by atoms with Crippen molar-refractivity contribution in [1.82, 2.24) is 15.7 Å². The van der Waals surface area contributed by atoms with Gasteiger partial charge in [-0.3, -0.25) is 14.6 Å². The van der Waals surface area contributed by atoms with Crippen LogP contribution in [0.3, 0.4) is 0 Å². The van der Waals surface area contributed by atoms with Crippen molar-refractivity contribution in [3.8, 4) is 11.3 Å². The van der Waals surface area contributed by atoms with Crippen LogP contribution in [0, 0.1) is 11.8 Å². The lowest BCUT2D eigenvalue weighted by Gasteiger charge is -2.44. The van der Waals surface area contributed by atoms with Crippen molar-refractivity contribution in [3.05, 3.63) is 94.9 Å². The first kappa shape index (κ1) is 40.3. The molecule has 48 heavy (non-hydrogen) atoms. The molecular formula is C37H48F3N5OS2. The average molecular weight is 700 g/mol. The van der Waals surface area contributed by atoms with Crippen LogP contribution < -0.4 is 16.1 Å². The third-order valence-electron chi connectivity index (χ3n) is 8.32. The lowest BCUT2D eigenvalue weighted by Crippen LogP contribution is -2.37. The molecule has 1 amide bonds. The average Bonchev–Trinajstić information content (AvgIpc) is 3.59. The fourth-order valence-corrected chi connectivity index (χ4v) is 6.23. The Morgan fingerprint density at radius 1 is 1.19 bits per heavy atom. The number of hydrogen-bond acceptors (Lipinski definition) is 6. The molecule has 3 aromatic rings. The van der Waals surface area contributed by atoms with E-state index in [-0.39, 0.29) is 5.91 Å². The van der Waals surface area contributed by atoms with Gasteiger partial charge in [-0.05, 0) is 79.5 Å². The number of rotatable bonds is 15. The third kappa shape index (κ3) is 12.6. The summed E-state index contributed by atoms with van der Waals surface area (Å²) < 4.78 is 32.1. The summed E-state index contributed by atoms with van der Waals surface area (Å²) in [6.07, 6.45) is 8.80. The van der Waals surface area contributed by atoms with Gasteiger partial charge in [0, 0.05) is 36.8 Å². The normalized spacial score (nSPS) is 16.5. The molecule has 3 atom stereocenters. The molecule has 260 valence electrons. The Labute approximate surface area is 293 Å². The van der Waals surface area contributed by atoms with Crippen LogP contribution in [0.1, 0.15) is 73.4 Å². The maximum absolute atomic E-state index is 12.0. The van der Waals surface area contributed by atoms with Gasteiger partial charge in [0.05, 0.1) is 12.9 Å². The molecule has 0 bridgehead atoms. The number of amides is 1. The number of hydrogen-bond donors (Lipinski definition) is 3. The zero-order valence-corrected chi connectivity index (χ0v) is 29.9. The van der Waals surface area contributed by atoms with Gasteiger partial charge in [-0.1, -0.05) is 86.8 Å². The van der Waals surface area contributed by atoms with E-state index in [2.05, 4.69) is 96.9 Å². The number of thiazole rings is 1. The standard InChI is InChI=1S/C33H41N3OS.C3H4F2N2S.CH3F/c1-5-23(2)13-8-6-7-9-14-25-15-10-11-18-29(25)30-20-28(24(30)3)21-35-33-36-31(22-38-33)26-16-12-17-27(19-26)32(37)34-4;1-6-7-3(8)2(4)5;1-2/h8,10-13,15-19,22,24,28,30H,2,5-7,9,14,20-21H2,1,3-4H3,(H,34,37)(H,35,36);2H,1H2,(H,7,8);1H3/b13-8-;;. The highest BCUT2D eigenvalue weighted by Crippen LogP contribution is 2.48. The minimum Gasteiger partial charge on any atom is -0.361 e. The summed E-state index contributed by atoms with van der Waals surface area (Å²) in [6, 6.07) is 16.7. The molecule has 11 heteroatoms. The number of aryl methyl sites for hydroxylation is 1. The second kappa shape index (κ2) is 21.9. The van der Waals surface area contributed by atoms with Crippen LogP contribution in [0.4, 0.5) is 18.3 Å². The van der Waals surface area contributed by atoms with E-state index in [1.165, 1.54) is 30.4 Å². The molecule has 1 fully saturated rings. The van der Waals surface area contributed by atoms with Gasteiger partial charge in [-0.2, -0.15) is 5.10 Å². The topological polar surface area (TPSA) is 78.4 Å². The van der Waals surface area contributed by atoms with Crippen LogP contribution in [-0.2, 0) is 6.42 Å². The number of anilines is 1. The molecule has 6 nitrogen and oxygen atoms in total. The van der Waals surface area contributed by atoms with Crippen molar-refractivity contribution in [1.29, 1.82) is 0 Å². The van der Waals surface area contributed by atoms with E-state index in [1.54, 1.807) is 23.9 Å². The molecule has 1 aliphatic carbocycles. The predicted octanol–water partition coefficient (Wildman–Crippen LogP) is 9.63. The number of aromatic nitrogens is 1. The second-order valence-corrected chi connectivity index (χ2v) is 12.6. The molecule has 0 radical (unpaired) electrons. The molecule has 3 unspecified atom stereocenters. The highest BCUT2D eigenvalue weighted by atomic mass is 32.1. The number of hydrazone groups is 1. The van der Waals surface area contributed by atoms with Gasteiger partial charge in [0.25, 0.3) is 12.3 Å². The second-order valence-electron chi connectivity index (χ2n) is 11.3. The molecular weight excluding hydrogens is 652 g/mol. The van der Waals surface area contributed by atoms with E-state index < -0.39 is 11.4 Å². The minimum atomic E-state index is -2.64. The van der Waals surface area contributed by atoms with Gasteiger partial charge in [0.15, 0.2) is 10.1 Å². The number of allylic oxidation sites excluding steroid dienone is 3. The number of alkyl halides is 3. The van der Waals surface area contributed by atoms with E-state index in [9.17, 15) is 18.0 Å². The molecule has 0 spiro atoms. The number of nitrogens with zero attached hydrogens (tertiary/aromatic N) is 2. The SMILES string of the molecule is C=C(/C=C\CCCCc1ccccc1C1CC(CNc2nc(-c3cccc(C(=O)NC)c3)cs2)C1C)CC.C=NNC(=S)C(F)F.CF. The highest BCUT2D eigenvalue weighted by Gasteiger charge is 2.39. The predicted molar refractivity (Wildman–Crippen MR) is 200 cm³/mol. The number of carbonyl (C=O) groups excluding carboxylic acids is 1. The summed E-state index contributed by atoms with van der Waals surface area (Å²) in [5.74, 6) is 1.86. The molecule has 1 heterocycles. The number of nitrogens with one attached hydrogen (secondary N) is 3. The number of unbranched alkanes of at least 4 members (excludes halogenated alkanes) is 2. The van der Waals surface area contributed by atoms with Gasteiger partial charge in [0.1, 0.15) is 0 Å². The minimum absolute atomic E-state index is 0.0818. The summed E-state index contributed by atoms with van der Waals surface area (Å²) in [5, 5.41) is 12.2. The lowest BCUT2D eigenvalue weighted by atomic mass is 9.62. The van der Waals surface area contributed by atoms with E-state index in [1.807, 2.05) is 29.7 Å². The number of benzene rings is 2. The smallest absolute Gasteiger partial charge is 0.289 e. The van der Waals surface area contributed by atoms with Crippen LogP contribution in [0.25, 0.3) is 11.3 Å². The van der Waals surface area contributed by atoms with Crippen molar-refractivity contribution in [2.45, 2.75) is 64.7 Å². The largest absolute Gasteiger partial charge is 0.361 e. The van der Waals surface area contributed by atoms with Crippen molar-refractivity contribution >= 4 is 46.3 Å². The van der Waals surface area contributed by atoms with Gasteiger partial charge in [-0.25, -0.2) is 13.8 Å². The van der Waals surface area contributed by atoms with Crippen LogP contribution in [-0.4, -0.2) is 49.8 Å². The van der Waals surface area contributed by atoms with Crippen LogP contribution in [0.2, 0.25) is 0 Å². The summed E-state index contributed by atoms with van der Waals surface area (Å²) in [7, 11) is 2.15. The van der Waals surface area contributed by atoms with Crippen molar-refractivity contribution in [2.75, 3.05) is 26.1 Å². The van der Waals surface area contributed by atoms with E-state index >= 15 is 0 Å². The van der Waals surface area contributed by atoms with Crippen LogP contribution in [0.15, 0.2) is 83.3 Å². The van der Waals surface area contributed by atoms with Gasteiger partial charge in [0.2, 0.25) is 0 Å². The quantitative estimate of drug-likeness (QED) is 0.0484. The van der Waals surface area contributed by atoms with E-state index in [4.69, 9.17) is 4.98 Å². The van der Waals surface area contributed by atoms with Crippen LogP contribution >= 0.6 is 23.6 Å². The van der Waals surface area contributed by atoms with E-state index in [0.717, 1.165) is 42.2 Å². The van der Waals surface area contributed by atoms with E-state index in [0.29, 0.717) is 30.5 Å². The molecule has 0 aliphatic heterocycles. The first-order chi connectivity index (χ1) is 23.2. The monoisotopic (exact) mass is 699 g/mol. The maximum atomic E-state index is 12.0. The Kier molecular flexibility index (Phi) is 18.4. The third-order valence-corrected chi connectivity index (χ3v) is 9.39. The zero-order chi connectivity index (χ0) is 35.5. The summed E-state index contributed by atoms with van der Waals surface area (Å²) in [4.78, 5) is 16.2. The van der Waals surface area contributed by atoms with Gasteiger partial charge in [-0.15, -0.1) is 11.3 Å². The number of halogens is 3. The van der Waals surface area contributed by atoms with Crippen molar-refractivity contribution in [3.63, 3.8) is 0 Å². The maximum Gasteiger partial charge on any atom is 0.289 e. The molecule has 1 aromatic heterocycles.